The van der Waals surface area contributed by atoms with Crippen molar-refractivity contribution >= 4 is 11.9 Å². The number of methoxy groups -OCH3 is 1. The quantitative estimate of drug-likeness (QED) is 0.674. The highest BCUT2D eigenvalue weighted by Crippen LogP contribution is 2.25. The summed E-state index contributed by atoms with van der Waals surface area (Å²) in [6.45, 7) is 6.93. The summed E-state index contributed by atoms with van der Waals surface area (Å²) in [7, 11) is 1.40. The second kappa shape index (κ2) is 9.91. The number of hydrogen-bond donors (Lipinski definition) is 0. The monoisotopic (exact) mass is 373 g/mol. The lowest BCUT2D eigenvalue weighted by atomic mass is 9.86. The van der Waals surface area contributed by atoms with Gasteiger partial charge in [0.05, 0.1) is 13.5 Å². The molecule has 1 aliphatic rings. The lowest BCUT2D eigenvalue weighted by Gasteiger charge is -2.33. The first kappa shape index (κ1) is 21.5. The van der Waals surface area contributed by atoms with E-state index >= 15 is 0 Å². The van der Waals surface area contributed by atoms with Gasteiger partial charge in [0, 0.05) is 18.2 Å². The number of carbonyl (C=O) groups excluding carboxylic acids is 2. The van der Waals surface area contributed by atoms with Crippen molar-refractivity contribution < 1.29 is 14.3 Å². The fourth-order valence-corrected chi connectivity index (χ4v) is 3.79. The molecule has 0 heterocycles. The highest BCUT2D eigenvalue weighted by Gasteiger charge is 2.26. The Morgan fingerprint density at radius 2 is 1.56 bits per heavy atom. The molecule has 0 atom stereocenters. The van der Waals surface area contributed by atoms with E-state index in [0.717, 1.165) is 25.7 Å². The molecule has 4 heteroatoms. The first-order valence-electron chi connectivity index (χ1n) is 10.3. The summed E-state index contributed by atoms with van der Waals surface area (Å²) >= 11 is 0. The minimum atomic E-state index is -0.262. The van der Waals surface area contributed by atoms with Crippen LogP contribution in [0.3, 0.4) is 0 Å². The second-order valence-electron chi connectivity index (χ2n) is 8.65. The Labute approximate surface area is 164 Å². The molecule has 0 spiro atoms. The molecule has 27 heavy (non-hydrogen) atoms. The number of amides is 1. The Balaban J connectivity index is 2.19. The van der Waals surface area contributed by atoms with Gasteiger partial charge in [-0.05, 0) is 36.0 Å². The van der Waals surface area contributed by atoms with Crippen molar-refractivity contribution in [1.82, 2.24) is 4.90 Å². The van der Waals surface area contributed by atoms with E-state index in [1.165, 1.54) is 31.9 Å². The van der Waals surface area contributed by atoms with Crippen LogP contribution in [0.2, 0.25) is 0 Å². The summed E-state index contributed by atoms with van der Waals surface area (Å²) in [5, 5.41) is 0. The minimum Gasteiger partial charge on any atom is -0.469 e. The molecule has 0 radical (unpaired) electrons. The maximum absolute atomic E-state index is 13.3. The summed E-state index contributed by atoms with van der Waals surface area (Å²) < 4.78 is 4.79. The molecule has 0 aromatic heterocycles. The van der Waals surface area contributed by atoms with Crippen LogP contribution < -0.4 is 0 Å². The van der Waals surface area contributed by atoms with E-state index in [-0.39, 0.29) is 29.8 Å². The van der Waals surface area contributed by atoms with Crippen LogP contribution in [0.1, 0.15) is 88.1 Å². The van der Waals surface area contributed by atoms with Crippen LogP contribution in [0.25, 0.3) is 0 Å². The molecule has 0 unspecified atom stereocenters. The van der Waals surface area contributed by atoms with Gasteiger partial charge in [-0.3, -0.25) is 9.59 Å². The second-order valence-corrected chi connectivity index (χ2v) is 8.65. The van der Waals surface area contributed by atoms with Crippen LogP contribution in [-0.2, 0) is 14.9 Å². The molecule has 1 aromatic carbocycles. The van der Waals surface area contributed by atoms with E-state index in [4.69, 9.17) is 4.74 Å². The SMILES string of the molecule is COC(=O)CCN(C(=O)c1ccc(C(C)(C)C)cc1)C1CCCCCCC1. The summed E-state index contributed by atoms with van der Waals surface area (Å²) in [6.07, 6.45) is 8.34. The van der Waals surface area contributed by atoms with Crippen molar-refractivity contribution in [3.63, 3.8) is 0 Å². The predicted molar refractivity (Wildman–Crippen MR) is 109 cm³/mol. The summed E-state index contributed by atoms with van der Waals surface area (Å²) in [5.74, 6) is -0.230. The average Bonchev–Trinajstić information content (AvgIpc) is 2.62. The van der Waals surface area contributed by atoms with Gasteiger partial charge in [0.15, 0.2) is 0 Å². The smallest absolute Gasteiger partial charge is 0.307 e. The topological polar surface area (TPSA) is 46.6 Å². The number of rotatable bonds is 5. The molecular formula is C23H35NO3. The zero-order chi connectivity index (χ0) is 19.9. The van der Waals surface area contributed by atoms with E-state index in [0.29, 0.717) is 12.1 Å². The molecular weight excluding hydrogens is 338 g/mol. The van der Waals surface area contributed by atoms with Crippen molar-refractivity contribution in [2.45, 2.75) is 83.6 Å². The molecule has 1 saturated carbocycles. The number of ether oxygens (including phenoxy) is 1. The Kier molecular flexibility index (Phi) is 7.88. The van der Waals surface area contributed by atoms with Crippen LogP contribution in [-0.4, -0.2) is 36.5 Å². The van der Waals surface area contributed by atoms with Gasteiger partial charge < -0.3 is 9.64 Å². The number of nitrogens with zero attached hydrogens (tertiary/aromatic N) is 1. The third-order valence-electron chi connectivity index (χ3n) is 5.56. The van der Waals surface area contributed by atoms with Crippen molar-refractivity contribution in [2.75, 3.05) is 13.7 Å². The lowest BCUT2D eigenvalue weighted by molar-refractivity contribution is -0.140. The van der Waals surface area contributed by atoms with Gasteiger partial charge in [-0.1, -0.05) is 65.0 Å². The van der Waals surface area contributed by atoms with E-state index in [1.807, 2.05) is 29.2 Å². The maximum atomic E-state index is 13.3. The third-order valence-corrected chi connectivity index (χ3v) is 5.56. The molecule has 150 valence electrons. The summed E-state index contributed by atoms with van der Waals surface area (Å²) in [6, 6.07) is 8.16. The zero-order valence-corrected chi connectivity index (χ0v) is 17.4. The predicted octanol–water partition coefficient (Wildman–Crippen LogP) is 5.10. The van der Waals surface area contributed by atoms with Gasteiger partial charge in [0.25, 0.3) is 5.91 Å². The third kappa shape index (κ3) is 6.37. The normalized spacial score (nSPS) is 16.3. The zero-order valence-electron chi connectivity index (χ0n) is 17.4. The van der Waals surface area contributed by atoms with Crippen LogP contribution in [0.15, 0.2) is 24.3 Å². The molecule has 1 amide bonds. The standard InChI is InChI=1S/C23H35NO3/c1-23(2,3)19-14-12-18(13-15-19)22(26)24(17-16-21(25)27-4)20-10-8-6-5-7-9-11-20/h12-15,20H,5-11,16-17H2,1-4H3. The van der Waals surface area contributed by atoms with Gasteiger partial charge in [0.1, 0.15) is 0 Å². The molecule has 1 fully saturated rings. The fraction of sp³-hybridized carbons (Fsp3) is 0.652. The molecule has 0 N–H and O–H groups in total. The fourth-order valence-electron chi connectivity index (χ4n) is 3.79. The largest absolute Gasteiger partial charge is 0.469 e. The van der Waals surface area contributed by atoms with Gasteiger partial charge in [-0.15, -0.1) is 0 Å². The van der Waals surface area contributed by atoms with Crippen LogP contribution in [0.4, 0.5) is 0 Å². The molecule has 0 saturated heterocycles. The highest BCUT2D eigenvalue weighted by atomic mass is 16.5. The first-order chi connectivity index (χ1) is 12.8. The Morgan fingerprint density at radius 3 is 2.07 bits per heavy atom. The molecule has 0 bridgehead atoms. The van der Waals surface area contributed by atoms with Crippen LogP contribution in [0.5, 0.6) is 0 Å². The Morgan fingerprint density at radius 1 is 1.00 bits per heavy atom. The van der Waals surface area contributed by atoms with Gasteiger partial charge in [0.2, 0.25) is 0 Å². The van der Waals surface area contributed by atoms with Gasteiger partial charge in [-0.2, -0.15) is 0 Å². The van der Waals surface area contributed by atoms with Crippen LogP contribution >= 0.6 is 0 Å². The Bertz CT molecular complexity index is 608. The molecule has 0 aliphatic heterocycles. The molecule has 1 aliphatic carbocycles. The summed E-state index contributed by atoms with van der Waals surface area (Å²) in [4.78, 5) is 26.9. The maximum Gasteiger partial charge on any atom is 0.307 e. The average molecular weight is 374 g/mol. The molecule has 4 nitrogen and oxygen atoms in total. The van der Waals surface area contributed by atoms with Crippen molar-refractivity contribution in [3.8, 4) is 0 Å². The van der Waals surface area contributed by atoms with Gasteiger partial charge >= 0.3 is 5.97 Å². The Hall–Kier alpha value is -1.84. The van der Waals surface area contributed by atoms with Gasteiger partial charge in [-0.25, -0.2) is 0 Å². The van der Waals surface area contributed by atoms with E-state index in [1.54, 1.807) is 0 Å². The summed E-state index contributed by atoms with van der Waals surface area (Å²) in [5.41, 5.74) is 1.98. The minimum absolute atomic E-state index is 0.0323. The lowest BCUT2D eigenvalue weighted by Crippen LogP contribution is -2.42. The highest BCUT2D eigenvalue weighted by molar-refractivity contribution is 5.94. The van der Waals surface area contributed by atoms with Crippen LogP contribution in [0, 0.1) is 0 Å². The van der Waals surface area contributed by atoms with Crippen molar-refractivity contribution in [2.24, 2.45) is 0 Å². The first-order valence-corrected chi connectivity index (χ1v) is 10.3. The molecule has 2 rings (SSSR count). The van der Waals surface area contributed by atoms with Crippen molar-refractivity contribution in [1.29, 1.82) is 0 Å². The number of benzene rings is 1. The number of hydrogen-bond acceptors (Lipinski definition) is 3. The molecule has 1 aromatic rings. The number of esters is 1. The number of carbonyl (C=O) groups is 2. The van der Waals surface area contributed by atoms with Crippen molar-refractivity contribution in [3.05, 3.63) is 35.4 Å². The van der Waals surface area contributed by atoms with E-state index < -0.39 is 0 Å². The van der Waals surface area contributed by atoms with E-state index in [9.17, 15) is 9.59 Å². The van der Waals surface area contributed by atoms with E-state index in [2.05, 4.69) is 20.8 Å².